The Morgan fingerprint density at radius 1 is 1.03 bits per heavy atom. The molecule has 0 radical (unpaired) electrons. The van der Waals surface area contributed by atoms with E-state index in [1.807, 2.05) is 43.3 Å². The van der Waals surface area contributed by atoms with E-state index in [0.717, 1.165) is 39.0 Å². The third kappa shape index (κ3) is 4.08. The fourth-order valence-electron chi connectivity index (χ4n) is 3.61. The number of sulfonamides is 1. The van der Waals surface area contributed by atoms with Crippen LogP contribution in [0.25, 0.3) is 11.8 Å². The fourth-order valence-corrected chi connectivity index (χ4v) is 5.03. The number of hydrogen-bond acceptors (Lipinski definition) is 2. The van der Waals surface area contributed by atoms with Gasteiger partial charge in [0.05, 0.1) is 4.90 Å². The normalized spacial score (nSPS) is 13.5. The number of hydrogen-bond donors (Lipinski definition) is 0. The van der Waals surface area contributed by atoms with E-state index in [1.165, 1.54) is 4.31 Å². The molecule has 154 valence electrons. The van der Waals surface area contributed by atoms with Crippen LogP contribution in [0.2, 0.25) is 0 Å². The Hall–Kier alpha value is -2.41. The molecule has 0 N–H and O–H groups in total. The molecule has 30 heavy (non-hydrogen) atoms. The number of halogens is 1. The van der Waals surface area contributed by atoms with E-state index >= 15 is 0 Å². The molecule has 0 spiro atoms. The lowest BCUT2D eigenvalue weighted by molar-refractivity contribution is 0.466. The van der Waals surface area contributed by atoms with Gasteiger partial charge in [-0.25, -0.2) is 8.42 Å². The Balaban J connectivity index is 1.72. The lowest BCUT2D eigenvalue weighted by atomic mass is 10.1. The molecule has 0 saturated heterocycles. The molecule has 0 aliphatic heterocycles. The third-order valence-electron chi connectivity index (χ3n) is 5.28. The van der Waals surface area contributed by atoms with Crippen LogP contribution in [0.15, 0.2) is 82.3 Å². The van der Waals surface area contributed by atoms with Crippen LogP contribution in [0, 0.1) is 6.92 Å². The van der Waals surface area contributed by atoms with Crippen LogP contribution < -0.4 is 0 Å². The number of benzene rings is 2. The first-order chi connectivity index (χ1) is 14.4. The molecule has 3 aromatic rings. The first kappa shape index (κ1) is 20.8. The van der Waals surface area contributed by atoms with Gasteiger partial charge in [-0.15, -0.1) is 0 Å². The number of aromatic nitrogens is 1. The monoisotopic (exact) mass is 482 g/mol. The first-order valence-electron chi connectivity index (χ1n) is 9.71. The second-order valence-electron chi connectivity index (χ2n) is 7.43. The van der Waals surface area contributed by atoms with Crippen LogP contribution in [-0.4, -0.2) is 24.3 Å². The van der Waals surface area contributed by atoms with Crippen LogP contribution in [0.4, 0.5) is 0 Å². The number of nitrogens with zero attached hydrogens (tertiary/aromatic N) is 2. The number of fused-ring (bicyclic) bond motifs is 1. The van der Waals surface area contributed by atoms with E-state index in [4.69, 9.17) is 0 Å². The summed E-state index contributed by atoms with van der Waals surface area (Å²) in [6.07, 6.45) is 11.1. The van der Waals surface area contributed by atoms with Gasteiger partial charge < -0.3 is 4.57 Å². The minimum Gasteiger partial charge on any atom is -0.320 e. The highest BCUT2D eigenvalue weighted by molar-refractivity contribution is 9.10. The first-order valence-corrected chi connectivity index (χ1v) is 11.9. The molecule has 1 aromatic heterocycles. The average Bonchev–Trinajstić information content (AvgIpc) is 2.89. The van der Waals surface area contributed by atoms with Gasteiger partial charge in [-0.1, -0.05) is 57.9 Å². The van der Waals surface area contributed by atoms with Crippen LogP contribution >= 0.6 is 15.9 Å². The van der Waals surface area contributed by atoms with Crippen molar-refractivity contribution in [3.8, 4) is 5.69 Å². The summed E-state index contributed by atoms with van der Waals surface area (Å²) in [4.78, 5) is 0.311. The van der Waals surface area contributed by atoms with Gasteiger partial charge in [0.25, 0.3) is 0 Å². The molecule has 0 bridgehead atoms. The summed E-state index contributed by atoms with van der Waals surface area (Å²) >= 11 is 3.49. The molecular formula is C24H23BrN2O2S. The van der Waals surface area contributed by atoms with E-state index in [0.29, 0.717) is 11.4 Å². The molecule has 2 aromatic carbocycles. The van der Waals surface area contributed by atoms with Crippen LogP contribution in [0.1, 0.15) is 22.4 Å². The molecule has 6 heteroatoms. The number of aryl methyl sites for hydroxylation is 1. The van der Waals surface area contributed by atoms with E-state index in [-0.39, 0.29) is 0 Å². The molecule has 0 amide bonds. The summed E-state index contributed by atoms with van der Waals surface area (Å²) in [7, 11) is -1.94. The Kier molecular flexibility index (Phi) is 5.82. The van der Waals surface area contributed by atoms with Crippen molar-refractivity contribution in [2.45, 2.75) is 24.8 Å². The summed E-state index contributed by atoms with van der Waals surface area (Å²) < 4.78 is 30.8. The summed E-state index contributed by atoms with van der Waals surface area (Å²) in [6.45, 7) is 2.24. The summed E-state index contributed by atoms with van der Waals surface area (Å²) in [5.41, 5.74) is 5.29. The highest BCUT2D eigenvalue weighted by Gasteiger charge is 2.24. The molecule has 0 unspecified atom stereocenters. The van der Waals surface area contributed by atoms with Crippen molar-refractivity contribution < 1.29 is 8.42 Å². The van der Waals surface area contributed by atoms with Crippen LogP contribution in [0.3, 0.4) is 0 Å². The molecule has 0 fully saturated rings. The van der Waals surface area contributed by atoms with Gasteiger partial charge in [0.15, 0.2) is 0 Å². The van der Waals surface area contributed by atoms with Gasteiger partial charge in [-0.2, -0.15) is 4.31 Å². The fraction of sp³-hybridized carbons (Fsp3) is 0.167. The van der Waals surface area contributed by atoms with Gasteiger partial charge in [0.2, 0.25) is 10.0 Å². The molecule has 1 heterocycles. The lowest BCUT2D eigenvalue weighted by Crippen LogP contribution is -2.26. The smallest absolute Gasteiger partial charge is 0.243 e. The van der Waals surface area contributed by atoms with E-state index in [9.17, 15) is 8.42 Å². The maximum absolute atomic E-state index is 13.1. The molecule has 1 aliphatic rings. The van der Waals surface area contributed by atoms with Gasteiger partial charge >= 0.3 is 0 Å². The van der Waals surface area contributed by atoms with Crippen molar-refractivity contribution >= 4 is 32.0 Å². The highest BCUT2D eigenvalue weighted by Crippen LogP contribution is 2.29. The van der Waals surface area contributed by atoms with E-state index in [1.54, 1.807) is 19.2 Å². The minimum atomic E-state index is -3.57. The Morgan fingerprint density at radius 2 is 1.73 bits per heavy atom. The van der Waals surface area contributed by atoms with Crippen molar-refractivity contribution in [1.82, 2.24) is 8.87 Å². The molecule has 0 saturated carbocycles. The zero-order chi connectivity index (χ0) is 21.3. The quantitative estimate of drug-likeness (QED) is 0.482. The zero-order valence-electron chi connectivity index (χ0n) is 16.9. The summed E-state index contributed by atoms with van der Waals surface area (Å²) in [6, 6.07) is 15.1. The molecule has 1 aliphatic carbocycles. The second-order valence-corrected chi connectivity index (χ2v) is 10.4. The van der Waals surface area contributed by atoms with E-state index < -0.39 is 10.0 Å². The topological polar surface area (TPSA) is 42.3 Å². The largest absolute Gasteiger partial charge is 0.320 e. The Bertz CT molecular complexity index is 1220. The second kappa shape index (κ2) is 8.38. The Labute approximate surface area is 186 Å². The third-order valence-corrected chi connectivity index (χ3v) is 7.63. The highest BCUT2D eigenvalue weighted by atomic mass is 79.9. The average molecular weight is 483 g/mol. The van der Waals surface area contributed by atoms with Crippen LogP contribution in [0.5, 0.6) is 0 Å². The van der Waals surface area contributed by atoms with Crippen molar-refractivity contribution in [3.05, 3.63) is 99.8 Å². The van der Waals surface area contributed by atoms with E-state index in [2.05, 4.69) is 51.0 Å². The maximum atomic E-state index is 13.1. The minimum absolute atomic E-state index is 0.298. The zero-order valence-corrected chi connectivity index (χ0v) is 19.3. The molecule has 4 nitrogen and oxygen atoms in total. The standard InChI is InChI=1S/C24H23BrN2O2S/c1-18-8-14-22(15-9-18)30(28,29)26(2)16-19-17-27(21-12-10-20(25)11-13-21)24-7-5-3-4-6-23(19)24/h3-6,8-15,17H,7,16H2,1-2H3. The molecule has 4 rings (SSSR count). The van der Waals surface area contributed by atoms with Crippen LogP contribution in [-0.2, 0) is 23.0 Å². The van der Waals surface area contributed by atoms with Crippen molar-refractivity contribution in [2.75, 3.05) is 7.05 Å². The number of rotatable bonds is 5. The predicted molar refractivity (Wildman–Crippen MR) is 125 cm³/mol. The maximum Gasteiger partial charge on any atom is 0.243 e. The van der Waals surface area contributed by atoms with Gasteiger partial charge in [-0.05, 0) is 48.9 Å². The summed E-state index contributed by atoms with van der Waals surface area (Å²) in [5, 5.41) is 0. The Morgan fingerprint density at radius 3 is 2.43 bits per heavy atom. The lowest BCUT2D eigenvalue weighted by Gasteiger charge is -2.17. The molecular weight excluding hydrogens is 460 g/mol. The van der Waals surface area contributed by atoms with Crippen molar-refractivity contribution in [3.63, 3.8) is 0 Å². The molecule has 0 atom stereocenters. The summed E-state index contributed by atoms with van der Waals surface area (Å²) in [5.74, 6) is 0. The predicted octanol–water partition coefficient (Wildman–Crippen LogP) is 5.49. The van der Waals surface area contributed by atoms with Crippen molar-refractivity contribution in [1.29, 1.82) is 0 Å². The van der Waals surface area contributed by atoms with Gasteiger partial charge in [-0.3, -0.25) is 0 Å². The van der Waals surface area contributed by atoms with Crippen molar-refractivity contribution in [2.24, 2.45) is 0 Å². The number of allylic oxidation sites excluding steroid dienone is 3. The van der Waals surface area contributed by atoms with Gasteiger partial charge in [0.1, 0.15) is 0 Å². The van der Waals surface area contributed by atoms with Gasteiger partial charge in [0, 0.05) is 47.6 Å². The SMILES string of the molecule is Cc1ccc(S(=O)(=O)N(C)Cc2cn(-c3ccc(Br)cc3)c3c2C=CC=CC3)cc1.